The lowest BCUT2D eigenvalue weighted by Crippen LogP contribution is -2.00. The van der Waals surface area contributed by atoms with Gasteiger partial charge in [-0.05, 0) is 49.6 Å². The Kier molecular flexibility index (Phi) is 5.48. The number of benzene rings is 2. The molecule has 1 heterocycles. The van der Waals surface area contributed by atoms with Gasteiger partial charge in [-0.1, -0.05) is 30.3 Å². The maximum atomic E-state index is 8.67. The molecule has 0 unspecified atom stereocenters. The molecule has 126 valence electrons. The van der Waals surface area contributed by atoms with E-state index in [1.807, 2.05) is 61.5 Å². The van der Waals surface area contributed by atoms with E-state index in [0.29, 0.717) is 18.9 Å². The van der Waals surface area contributed by atoms with E-state index in [-0.39, 0.29) is 0 Å². The summed E-state index contributed by atoms with van der Waals surface area (Å²) in [5, 5.41) is 8.67. The maximum Gasteiger partial charge on any atom is 0.226 e. The Morgan fingerprint density at radius 1 is 1.08 bits per heavy atom. The van der Waals surface area contributed by atoms with Gasteiger partial charge in [0, 0.05) is 5.56 Å². The van der Waals surface area contributed by atoms with Gasteiger partial charge in [-0.15, -0.1) is 0 Å². The average molecular weight is 332 g/mol. The minimum atomic E-state index is 0.426. The highest BCUT2D eigenvalue weighted by Gasteiger charge is 2.10. The van der Waals surface area contributed by atoms with Crippen molar-refractivity contribution in [2.75, 3.05) is 6.61 Å². The molecule has 3 rings (SSSR count). The molecular weight excluding hydrogens is 312 g/mol. The summed E-state index contributed by atoms with van der Waals surface area (Å²) in [7, 11) is 0. The van der Waals surface area contributed by atoms with Gasteiger partial charge in [0.1, 0.15) is 11.5 Å². The molecule has 0 spiro atoms. The lowest BCUT2D eigenvalue weighted by molar-refractivity contribution is 0.310. The minimum Gasteiger partial charge on any atom is -0.494 e. The lowest BCUT2D eigenvalue weighted by atomic mass is 10.2. The molecule has 0 saturated carbocycles. The summed E-state index contributed by atoms with van der Waals surface area (Å²) in [6.45, 7) is 2.56. The fraction of sp³-hybridized carbons (Fsp3) is 0.238. The second kappa shape index (κ2) is 8.16. The summed E-state index contributed by atoms with van der Waals surface area (Å²) in [5.74, 6) is 2.35. The van der Waals surface area contributed by atoms with E-state index in [1.54, 1.807) is 0 Å². The van der Waals surface area contributed by atoms with Crippen LogP contribution in [0.1, 0.15) is 23.4 Å². The van der Waals surface area contributed by atoms with Crippen LogP contribution in [0, 0.1) is 18.3 Å². The summed E-state index contributed by atoms with van der Waals surface area (Å²) in [4.78, 5) is 4.60. The van der Waals surface area contributed by atoms with Crippen LogP contribution in [0.4, 0.5) is 0 Å². The topological polar surface area (TPSA) is 59.1 Å². The molecule has 0 N–H and O–H groups in total. The Hall–Kier alpha value is -3.06. The molecule has 3 aromatic rings. The highest BCUT2D eigenvalue weighted by Crippen LogP contribution is 2.22. The van der Waals surface area contributed by atoms with Crippen molar-refractivity contribution in [3.8, 4) is 23.3 Å². The molecule has 4 heteroatoms. The number of nitriles is 1. The van der Waals surface area contributed by atoms with Gasteiger partial charge in [0.25, 0.3) is 0 Å². The number of rotatable bonds is 7. The molecule has 0 aliphatic rings. The molecule has 0 aliphatic heterocycles. The van der Waals surface area contributed by atoms with Crippen LogP contribution in [0.5, 0.6) is 5.75 Å². The van der Waals surface area contributed by atoms with Crippen molar-refractivity contribution in [3.63, 3.8) is 0 Å². The fourth-order valence-corrected chi connectivity index (χ4v) is 2.59. The van der Waals surface area contributed by atoms with E-state index in [2.05, 4.69) is 11.1 Å². The van der Waals surface area contributed by atoms with Crippen LogP contribution < -0.4 is 4.74 Å². The Morgan fingerprint density at radius 2 is 1.84 bits per heavy atom. The highest BCUT2D eigenvalue weighted by atomic mass is 16.5. The average Bonchev–Trinajstić information content (AvgIpc) is 3.02. The number of aryl methyl sites for hydroxylation is 2. The number of ether oxygens (including phenoxy) is 1. The van der Waals surface area contributed by atoms with Crippen molar-refractivity contribution in [3.05, 3.63) is 71.6 Å². The van der Waals surface area contributed by atoms with Crippen LogP contribution in [-0.4, -0.2) is 11.6 Å². The number of hydrogen-bond donors (Lipinski definition) is 0. The third-order valence-electron chi connectivity index (χ3n) is 3.95. The van der Waals surface area contributed by atoms with Crippen LogP contribution in [0.2, 0.25) is 0 Å². The molecule has 0 aliphatic carbocycles. The smallest absolute Gasteiger partial charge is 0.226 e. The summed E-state index contributed by atoms with van der Waals surface area (Å²) >= 11 is 0. The Morgan fingerprint density at radius 3 is 2.56 bits per heavy atom. The number of hydrogen-bond acceptors (Lipinski definition) is 4. The van der Waals surface area contributed by atoms with E-state index in [1.165, 1.54) is 0 Å². The van der Waals surface area contributed by atoms with Gasteiger partial charge in [-0.3, -0.25) is 0 Å². The third kappa shape index (κ3) is 4.48. The van der Waals surface area contributed by atoms with Crippen LogP contribution in [0.25, 0.3) is 11.5 Å². The normalized spacial score (nSPS) is 10.4. The van der Waals surface area contributed by atoms with Crippen molar-refractivity contribution in [2.24, 2.45) is 0 Å². The van der Waals surface area contributed by atoms with E-state index < -0.39 is 0 Å². The maximum absolute atomic E-state index is 8.67. The standard InChI is InChI=1S/C21H20N2O2/c1-16-20(23-21(25-16)18-6-3-2-4-7-18)8-5-15-24-19-11-9-17(10-12-19)13-14-22/h2-4,6-7,9-12H,5,8,13,15H2,1H3. The summed E-state index contributed by atoms with van der Waals surface area (Å²) in [6.07, 6.45) is 2.10. The lowest BCUT2D eigenvalue weighted by Gasteiger charge is -2.06. The van der Waals surface area contributed by atoms with Crippen molar-refractivity contribution < 1.29 is 9.15 Å². The highest BCUT2D eigenvalue weighted by molar-refractivity contribution is 5.53. The predicted octanol–water partition coefficient (Wildman–Crippen LogP) is 4.73. The van der Waals surface area contributed by atoms with Crippen LogP contribution in [0.3, 0.4) is 0 Å². The SMILES string of the molecule is Cc1oc(-c2ccccc2)nc1CCCOc1ccc(CC#N)cc1. The van der Waals surface area contributed by atoms with E-state index in [4.69, 9.17) is 14.4 Å². The first kappa shape index (κ1) is 16.8. The van der Waals surface area contributed by atoms with Crippen molar-refractivity contribution in [1.29, 1.82) is 5.26 Å². The van der Waals surface area contributed by atoms with Gasteiger partial charge in [-0.25, -0.2) is 4.98 Å². The van der Waals surface area contributed by atoms with Crippen molar-refractivity contribution in [2.45, 2.75) is 26.2 Å². The van der Waals surface area contributed by atoms with Gasteiger partial charge in [-0.2, -0.15) is 5.26 Å². The zero-order valence-corrected chi connectivity index (χ0v) is 14.2. The van der Waals surface area contributed by atoms with Gasteiger partial charge >= 0.3 is 0 Å². The fourth-order valence-electron chi connectivity index (χ4n) is 2.59. The van der Waals surface area contributed by atoms with Crippen molar-refractivity contribution >= 4 is 0 Å². The largest absolute Gasteiger partial charge is 0.494 e. The first-order chi connectivity index (χ1) is 12.3. The Labute approximate surface area is 147 Å². The van der Waals surface area contributed by atoms with E-state index in [9.17, 15) is 0 Å². The summed E-state index contributed by atoms with van der Waals surface area (Å²) in [6, 6.07) is 19.7. The molecule has 0 amide bonds. The minimum absolute atomic E-state index is 0.426. The summed E-state index contributed by atoms with van der Waals surface area (Å²) < 4.78 is 11.5. The molecule has 0 atom stereocenters. The molecule has 0 radical (unpaired) electrons. The van der Waals surface area contributed by atoms with Crippen molar-refractivity contribution in [1.82, 2.24) is 4.98 Å². The molecule has 4 nitrogen and oxygen atoms in total. The van der Waals surface area contributed by atoms with Crippen LogP contribution in [-0.2, 0) is 12.8 Å². The predicted molar refractivity (Wildman–Crippen MR) is 96.3 cm³/mol. The number of aromatic nitrogens is 1. The zero-order valence-electron chi connectivity index (χ0n) is 14.2. The second-order valence-corrected chi connectivity index (χ2v) is 5.82. The molecule has 1 aromatic heterocycles. The summed E-state index contributed by atoms with van der Waals surface area (Å²) in [5.41, 5.74) is 2.97. The van der Waals surface area contributed by atoms with E-state index in [0.717, 1.165) is 41.2 Å². The number of nitrogens with zero attached hydrogens (tertiary/aromatic N) is 2. The molecule has 0 fully saturated rings. The Balaban J connectivity index is 1.51. The van der Waals surface area contributed by atoms with Gasteiger partial charge in [0.05, 0.1) is 24.8 Å². The molecule has 0 saturated heterocycles. The molecule has 25 heavy (non-hydrogen) atoms. The quantitative estimate of drug-likeness (QED) is 0.587. The third-order valence-corrected chi connectivity index (χ3v) is 3.95. The monoisotopic (exact) mass is 332 g/mol. The molecule has 0 bridgehead atoms. The first-order valence-electron chi connectivity index (χ1n) is 8.36. The van der Waals surface area contributed by atoms with Gasteiger partial charge < -0.3 is 9.15 Å². The first-order valence-corrected chi connectivity index (χ1v) is 8.36. The van der Waals surface area contributed by atoms with Gasteiger partial charge in [0.15, 0.2) is 0 Å². The molecule has 2 aromatic carbocycles. The second-order valence-electron chi connectivity index (χ2n) is 5.82. The van der Waals surface area contributed by atoms with Crippen LogP contribution in [0.15, 0.2) is 59.0 Å². The van der Waals surface area contributed by atoms with Crippen LogP contribution >= 0.6 is 0 Å². The van der Waals surface area contributed by atoms with E-state index >= 15 is 0 Å². The Bertz CT molecular complexity index is 846. The number of oxazole rings is 1. The van der Waals surface area contributed by atoms with Gasteiger partial charge in [0.2, 0.25) is 5.89 Å². The zero-order chi connectivity index (χ0) is 17.5. The molecular formula is C21H20N2O2.